The van der Waals surface area contributed by atoms with Gasteiger partial charge < -0.3 is 9.64 Å². The Morgan fingerprint density at radius 2 is 1.79 bits per heavy atom. The van der Waals surface area contributed by atoms with Crippen LogP contribution in [-0.2, 0) is 26.9 Å². The van der Waals surface area contributed by atoms with Crippen LogP contribution >= 0.6 is 0 Å². The Balaban J connectivity index is 1.31. The Bertz CT molecular complexity index is 1550. The maximum absolute atomic E-state index is 13.9. The molecule has 1 aliphatic carbocycles. The number of aromatic nitrogens is 2. The van der Waals surface area contributed by atoms with Crippen molar-refractivity contribution in [2.24, 2.45) is 0 Å². The highest BCUT2D eigenvalue weighted by molar-refractivity contribution is 7.91. The first-order valence-electron chi connectivity index (χ1n) is 14.0. The molecule has 2 aromatic carbocycles. The summed E-state index contributed by atoms with van der Waals surface area (Å²) in [5, 5.41) is 4.85. The molecule has 1 spiro atoms. The molecule has 3 aliphatic heterocycles. The molecule has 4 heterocycles. The molecule has 9 heteroatoms. The van der Waals surface area contributed by atoms with Gasteiger partial charge in [-0.2, -0.15) is 5.10 Å². The van der Waals surface area contributed by atoms with Gasteiger partial charge in [0.25, 0.3) is 5.91 Å². The van der Waals surface area contributed by atoms with E-state index in [2.05, 4.69) is 17.0 Å². The van der Waals surface area contributed by atoms with E-state index in [4.69, 9.17) is 9.84 Å². The summed E-state index contributed by atoms with van der Waals surface area (Å²) >= 11 is 0. The molecule has 3 aromatic rings. The standard InChI is InChI=1S/C30H34N4O4S/c1-21-6-5-7-24-27-25(19-39(36,37)28(21)24)26(29(35)33-16-17-38-30(20-33)12-13-30)31-34(27)23-10-8-22(9-11-23)18-32-14-3-2-4-15-32/h5-11H,2-4,12-20H2,1H3. The van der Waals surface area contributed by atoms with E-state index in [1.165, 1.54) is 24.8 Å². The number of likely N-dealkylation sites (tertiary alicyclic amines) is 1. The lowest BCUT2D eigenvalue weighted by molar-refractivity contribution is -0.0377. The lowest BCUT2D eigenvalue weighted by Gasteiger charge is -2.33. The van der Waals surface area contributed by atoms with Gasteiger partial charge in [0.2, 0.25) is 0 Å². The summed E-state index contributed by atoms with van der Waals surface area (Å²) in [4.78, 5) is 18.5. The second-order valence-electron chi connectivity index (χ2n) is 11.6. The number of hydrogen-bond donors (Lipinski definition) is 0. The fourth-order valence-corrected chi connectivity index (χ4v) is 8.32. The summed E-state index contributed by atoms with van der Waals surface area (Å²) in [6.07, 6.45) is 5.71. The summed E-state index contributed by atoms with van der Waals surface area (Å²) in [6, 6.07) is 13.8. The number of benzene rings is 2. The van der Waals surface area contributed by atoms with Gasteiger partial charge in [0.15, 0.2) is 15.5 Å². The van der Waals surface area contributed by atoms with Crippen molar-refractivity contribution in [3.63, 3.8) is 0 Å². The molecule has 4 aliphatic rings. The predicted molar refractivity (Wildman–Crippen MR) is 148 cm³/mol. The van der Waals surface area contributed by atoms with Crippen LogP contribution in [0.2, 0.25) is 0 Å². The number of sulfone groups is 1. The van der Waals surface area contributed by atoms with Crippen molar-refractivity contribution in [2.75, 3.05) is 32.8 Å². The topological polar surface area (TPSA) is 84.7 Å². The summed E-state index contributed by atoms with van der Waals surface area (Å²) in [5.74, 6) is -0.448. The summed E-state index contributed by atoms with van der Waals surface area (Å²) in [6.45, 7) is 6.51. The summed E-state index contributed by atoms with van der Waals surface area (Å²) in [7, 11) is -3.63. The zero-order valence-electron chi connectivity index (χ0n) is 22.4. The third kappa shape index (κ3) is 4.40. The number of rotatable bonds is 4. The van der Waals surface area contributed by atoms with Gasteiger partial charge in [-0.25, -0.2) is 13.1 Å². The summed E-state index contributed by atoms with van der Waals surface area (Å²) < 4.78 is 34.7. The minimum Gasteiger partial charge on any atom is -0.371 e. The number of amides is 1. The van der Waals surface area contributed by atoms with Gasteiger partial charge in [-0.1, -0.05) is 36.8 Å². The number of carbonyl (C=O) groups excluding carboxylic acids is 1. The Labute approximate surface area is 229 Å². The first kappa shape index (κ1) is 25.0. The molecule has 7 rings (SSSR count). The minimum atomic E-state index is -3.63. The molecule has 2 saturated heterocycles. The monoisotopic (exact) mass is 546 g/mol. The SMILES string of the molecule is Cc1cccc2c1S(=O)(=O)Cc1c(C(=O)N3CCOC4(CC4)C3)nn(-c3ccc(CN4CCCCC4)cc3)c1-2. The molecule has 0 N–H and O–H groups in total. The van der Waals surface area contributed by atoms with Gasteiger partial charge in [0.05, 0.1) is 40.8 Å². The van der Waals surface area contributed by atoms with Crippen LogP contribution in [0.3, 0.4) is 0 Å². The molecule has 0 unspecified atom stereocenters. The van der Waals surface area contributed by atoms with Crippen LogP contribution in [0.15, 0.2) is 47.4 Å². The zero-order chi connectivity index (χ0) is 26.8. The van der Waals surface area contributed by atoms with E-state index < -0.39 is 9.84 Å². The van der Waals surface area contributed by atoms with Gasteiger partial charge in [-0.3, -0.25) is 9.69 Å². The quantitative estimate of drug-likeness (QED) is 0.489. The average molecular weight is 547 g/mol. The van der Waals surface area contributed by atoms with Crippen molar-refractivity contribution in [3.8, 4) is 16.9 Å². The van der Waals surface area contributed by atoms with Crippen molar-refractivity contribution in [3.05, 3.63) is 64.8 Å². The van der Waals surface area contributed by atoms with Gasteiger partial charge in [-0.15, -0.1) is 0 Å². The molecule has 1 saturated carbocycles. The molecule has 0 atom stereocenters. The molecule has 0 bridgehead atoms. The average Bonchev–Trinajstić information content (AvgIpc) is 3.56. The third-order valence-corrected chi connectivity index (χ3v) is 10.5. The molecule has 1 amide bonds. The van der Waals surface area contributed by atoms with Crippen LogP contribution in [0, 0.1) is 6.92 Å². The molecular weight excluding hydrogens is 512 g/mol. The van der Waals surface area contributed by atoms with Gasteiger partial charge in [0, 0.05) is 24.2 Å². The Kier molecular flexibility index (Phi) is 5.95. The van der Waals surface area contributed by atoms with Gasteiger partial charge in [0.1, 0.15) is 0 Å². The van der Waals surface area contributed by atoms with Crippen molar-refractivity contribution in [2.45, 2.75) is 61.8 Å². The van der Waals surface area contributed by atoms with E-state index >= 15 is 0 Å². The molecule has 0 radical (unpaired) electrons. The van der Waals surface area contributed by atoms with Crippen molar-refractivity contribution in [1.82, 2.24) is 19.6 Å². The number of morpholine rings is 1. The van der Waals surface area contributed by atoms with E-state index in [0.717, 1.165) is 38.2 Å². The maximum Gasteiger partial charge on any atom is 0.274 e. The Hall–Kier alpha value is -3.01. The molecule has 3 fully saturated rings. The van der Waals surface area contributed by atoms with E-state index in [9.17, 15) is 13.2 Å². The first-order chi connectivity index (χ1) is 18.8. The number of fused-ring (bicyclic) bond motifs is 3. The molecular formula is C30H34N4O4S. The minimum absolute atomic E-state index is 0.215. The van der Waals surface area contributed by atoms with Crippen molar-refractivity contribution >= 4 is 15.7 Å². The first-order valence-corrected chi connectivity index (χ1v) is 15.7. The van der Waals surface area contributed by atoms with Gasteiger partial charge in [-0.05, 0) is 69.0 Å². The number of hydrogen-bond acceptors (Lipinski definition) is 6. The maximum atomic E-state index is 13.9. The molecule has 39 heavy (non-hydrogen) atoms. The molecule has 204 valence electrons. The fourth-order valence-electron chi connectivity index (χ4n) is 6.46. The van der Waals surface area contributed by atoms with Crippen LogP contribution < -0.4 is 0 Å². The molecule has 8 nitrogen and oxygen atoms in total. The highest BCUT2D eigenvalue weighted by Crippen LogP contribution is 2.44. The highest BCUT2D eigenvalue weighted by atomic mass is 32.2. The second-order valence-corrected chi connectivity index (χ2v) is 13.5. The number of piperidine rings is 1. The van der Waals surface area contributed by atoms with Crippen LogP contribution in [0.1, 0.15) is 59.3 Å². The smallest absolute Gasteiger partial charge is 0.274 e. The van der Waals surface area contributed by atoms with Crippen LogP contribution in [-0.4, -0.2) is 72.3 Å². The number of nitrogens with zero attached hydrogens (tertiary/aromatic N) is 4. The Morgan fingerprint density at radius 1 is 1.03 bits per heavy atom. The number of aryl methyl sites for hydroxylation is 1. The second kappa shape index (κ2) is 9.28. The zero-order valence-corrected chi connectivity index (χ0v) is 23.2. The van der Waals surface area contributed by atoms with E-state index in [1.54, 1.807) is 9.58 Å². The van der Waals surface area contributed by atoms with Gasteiger partial charge >= 0.3 is 0 Å². The van der Waals surface area contributed by atoms with E-state index in [0.29, 0.717) is 47.0 Å². The normalized spacial score (nSPS) is 21.4. The summed E-state index contributed by atoms with van der Waals surface area (Å²) in [5.41, 5.74) is 4.57. The van der Waals surface area contributed by atoms with E-state index in [1.807, 2.05) is 37.3 Å². The lowest BCUT2D eigenvalue weighted by atomic mass is 10.0. The molecule has 1 aromatic heterocycles. The van der Waals surface area contributed by atoms with Crippen LogP contribution in [0.5, 0.6) is 0 Å². The van der Waals surface area contributed by atoms with Crippen LogP contribution in [0.25, 0.3) is 16.9 Å². The number of ether oxygens (including phenoxy) is 1. The third-order valence-electron chi connectivity index (χ3n) is 8.68. The highest BCUT2D eigenvalue weighted by Gasteiger charge is 2.49. The fraction of sp³-hybridized carbons (Fsp3) is 0.467. The Morgan fingerprint density at radius 3 is 2.54 bits per heavy atom. The predicted octanol–water partition coefficient (Wildman–Crippen LogP) is 4.13. The van der Waals surface area contributed by atoms with Crippen molar-refractivity contribution in [1.29, 1.82) is 0 Å². The van der Waals surface area contributed by atoms with E-state index in [-0.39, 0.29) is 23.0 Å². The van der Waals surface area contributed by atoms with Crippen molar-refractivity contribution < 1.29 is 17.9 Å². The van der Waals surface area contributed by atoms with Crippen LogP contribution in [0.4, 0.5) is 0 Å². The number of carbonyl (C=O) groups is 1. The largest absolute Gasteiger partial charge is 0.371 e. The lowest BCUT2D eigenvalue weighted by Crippen LogP contribution is -2.47.